The molecule has 1 aromatic heterocycles. The number of primary amides is 1. The SMILES string of the molecule is NC(=O)NC(=O)CN1CCC(c2nc3ccccc3s2)CC1. The molecule has 0 saturated carbocycles. The molecule has 0 spiro atoms. The van der Waals surface area contributed by atoms with Gasteiger partial charge in [-0.1, -0.05) is 12.1 Å². The number of rotatable bonds is 3. The molecule has 116 valence electrons. The number of urea groups is 1. The highest BCUT2D eigenvalue weighted by Gasteiger charge is 2.24. The van der Waals surface area contributed by atoms with Crippen LogP contribution in [0.1, 0.15) is 23.8 Å². The summed E-state index contributed by atoms with van der Waals surface area (Å²) >= 11 is 1.76. The number of likely N-dealkylation sites (tertiary alicyclic amines) is 1. The van der Waals surface area contributed by atoms with Crippen LogP contribution in [0.15, 0.2) is 24.3 Å². The Morgan fingerprint density at radius 2 is 2.05 bits per heavy atom. The molecule has 3 amide bonds. The molecule has 0 atom stereocenters. The molecule has 1 aromatic carbocycles. The van der Waals surface area contributed by atoms with Gasteiger partial charge in [-0.05, 0) is 38.1 Å². The fourth-order valence-electron chi connectivity index (χ4n) is 2.78. The molecular weight excluding hydrogens is 300 g/mol. The third kappa shape index (κ3) is 3.42. The molecule has 1 saturated heterocycles. The molecule has 3 rings (SSSR count). The number of nitrogens with two attached hydrogens (primary N) is 1. The summed E-state index contributed by atoms with van der Waals surface area (Å²) in [6.45, 7) is 1.87. The number of aromatic nitrogens is 1. The number of thiazole rings is 1. The van der Waals surface area contributed by atoms with E-state index in [-0.39, 0.29) is 12.5 Å². The predicted molar refractivity (Wildman–Crippen MR) is 85.8 cm³/mol. The maximum absolute atomic E-state index is 11.5. The number of benzene rings is 1. The Morgan fingerprint density at radius 1 is 1.32 bits per heavy atom. The number of amides is 3. The van der Waals surface area contributed by atoms with Gasteiger partial charge in [0.15, 0.2) is 0 Å². The van der Waals surface area contributed by atoms with Crippen LogP contribution >= 0.6 is 11.3 Å². The number of imide groups is 1. The largest absolute Gasteiger partial charge is 0.351 e. The Morgan fingerprint density at radius 3 is 2.73 bits per heavy atom. The van der Waals surface area contributed by atoms with Gasteiger partial charge in [0.05, 0.1) is 21.8 Å². The van der Waals surface area contributed by atoms with Crippen molar-refractivity contribution in [2.45, 2.75) is 18.8 Å². The molecule has 0 radical (unpaired) electrons. The van der Waals surface area contributed by atoms with Gasteiger partial charge in [-0.3, -0.25) is 15.0 Å². The Hall–Kier alpha value is -1.99. The van der Waals surface area contributed by atoms with Crippen molar-refractivity contribution in [1.29, 1.82) is 0 Å². The first kappa shape index (κ1) is 14.9. The van der Waals surface area contributed by atoms with Crippen molar-refractivity contribution in [3.63, 3.8) is 0 Å². The third-order valence-electron chi connectivity index (χ3n) is 3.88. The van der Waals surface area contributed by atoms with Crippen molar-refractivity contribution < 1.29 is 9.59 Å². The van der Waals surface area contributed by atoms with E-state index in [2.05, 4.69) is 11.4 Å². The van der Waals surface area contributed by atoms with Gasteiger partial charge in [-0.25, -0.2) is 9.78 Å². The molecule has 3 N–H and O–H groups in total. The maximum Gasteiger partial charge on any atom is 0.318 e. The van der Waals surface area contributed by atoms with E-state index in [9.17, 15) is 9.59 Å². The lowest BCUT2D eigenvalue weighted by atomic mass is 9.97. The number of fused-ring (bicyclic) bond motifs is 1. The lowest BCUT2D eigenvalue weighted by Crippen LogP contribution is -2.44. The van der Waals surface area contributed by atoms with Crippen LogP contribution in [-0.2, 0) is 4.79 Å². The molecule has 7 heteroatoms. The topological polar surface area (TPSA) is 88.3 Å². The third-order valence-corrected chi connectivity index (χ3v) is 5.08. The van der Waals surface area contributed by atoms with Crippen molar-refractivity contribution in [3.8, 4) is 0 Å². The number of nitrogens with zero attached hydrogens (tertiary/aromatic N) is 2. The highest BCUT2D eigenvalue weighted by molar-refractivity contribution is 7.18. The number of hydrogen-bond acceptors (Lipinski definition) is 5. The molecule has 1 aliphatic heterocycles. The summed E-state index contributed by atoms with van der Waals surface area (Å²) in [6, 6.07) is 7.38. The summed E-state index contributed by atoms with van der Waals surface area (Å²) < 4.78 is 1.22. The zero-order chi connectivity index (χ0) is 15.5. The average Bonchev–Trinajstić information content (AvgIpc) is 2.91. The van der Waals surface area contributed by atoms with E-state index in [1.807, 2.05) is 23.1 Å². The number of nitrogens with one attached hydrogen (secondary N) is 1. The minimum Gasteiger partial charge on any atom is -0.351 e. The normalized spacial score (nSPS) is 16.7. The van der Waals surface area contributed by atoms with Crippen molar-refractivity contribution in [1.82, 2.24) is 15.2 Å². The number of para-hydroxylation sites is 1. The van der Waals surface area contributed by atoms with E-state index in [0.29, 0.717) is 5.92 Å². The van der Waals surface area contributed by atoms with Crippen LogP contribution in [0.25, 0.3) is 10.2 Å². The fourth-order valence-corrected chi connectivity index (χ4v) is 3.92. The van der Waals surface area contributed by atoms with Crippen molar-refractivity contribution in [2.75, 3.05) is 19.6 Å². The zero-order valence-electron chi connectivity index (χ0n) is 12.1. The molecule has 22 heavy (non-hydrogen) atoms. The van der Waals surface area contributed by atoms with E-state index >= 15 is 0 Å². The summed E-state index contributed by atoms with van der Waals surface area (Å²) in [6.07, 6.45) is 1.95. The summed E-state index contributed by atoms with van der Waals surface area (Å²) in [5.74, 6) is 0.110. The Bertz CT molecular complexity index is 659. The summed E-state index contributed by atoms with van der Waals surface area (Å²) in [5.41, 5.74) is 6.00. The van der Waals surface area contributed by atoms with Crippen LogP contribution in [-0.4, -0.2) is 41.5 Å². The number of carbonyl (C=O) groups is 2. The van der Waals surface area contributed by atoms with Gasteiger partial charge in [-0.2, -0.15) is 0 Å². The molecule has 0 unspecified atom stereocenters. The standard InChI is InChI=1S/C15H18N4O2S/c16-15(21)18-13(20)9-19-7-5-10(6-8-19)14-17-11-3-1-2-4-12(11)22-14/h1-4,10H,5-9H2,(H3,16,18,20,21). The zero-order valence-corrected chi connectivity index (χ0v) is 12.9. The molecule has 0 aliphatic carbocycles. The quantitative estimate of drug-likeness (QED) is 0.901. The van der Waals surface area contributed by atoms with E-state index in [0.717, 1.165) is 31.4 Å². The highest BCUT2D eigenvalue weighted by Crippen LogP contribution is 2.33. The van der Waals surface area contributed by atoms with Gasteiger partial charge < -0.3 is 5.73 Å². The van der Waals surface area contributed by atoms with Crippen molar-refractivity contribution >= 4 is 33.5 Å². The van der Waals surface area contributed by atoms with Crippen LogP contribution < -0.4 is 11.1 Å². The second-order valence-electron chi connectivity index (χ2n) is 5.48. The van der Waals surface area contributed by atoms with Crippen LogP contribution in [0.4, 0.5) is 4.79 Å². The highest BCUT2D eigenvalue weighted by atomic mass is 32.1. The Balaban J connectivity index is 1.57. The van der Waals surface area contributed by atoms with E-state index < -0.39 is 6.03 Å². The monoisotopic (exact) mass is 318 g/mol. The van der Waals surface area contributed by atoms with Crippen LogP contribution in [0.5, 0.6) is 0 Å². The van der Waals surface area contributed by atoms with E-state index in [1.54, 1.807) is 11.3 Å². The van der Waals surface area contributed by atoms with Crippen LogP contribution in [0, 0.1) is 0 Å². The number of hydrogen-bond donors (Lipinski definition) is 2. The molecule has 2 aromatic rings. The van der Waals surface area contributed by atoms with Gasteiger partial charge in [0.25, 0.3) is 0 Å². The van der Waals surface area contributed by atoms with Gasteiger partial charge in [0.2, 0.25) is 5.91 Å². The fraction of sp³-hybridized carbons (Fsp3) is 0.400. The summed E-state index contributed by atoms with van der Waals surface area (Å²) in [5, 5.41) is 3.28. The predicted octanol–water partition coefficient (Wildman–Crippen LogP) is 1.67. The maximum atomic E-state index is 11.5. The van der Waals surface area contributed by atoms with E-state index in [4.69, 9.17) is 10.7 Å². The first-order valence-electron chi connectivity index (χ1n) is 7.29. The molecule has 1 aliphatic rings. The van der Waals surface area contributed by atoms with Gasteiger partial charge >= 0.3 is 6.03 Å². The minimum atomic E-state index is -0.797. The minimum absolute atomic E-state index is 0.218. The van der Waals surface area contributed by atoms with Crippen LogP contribution in [0.2, 0.25) is 0 Å². The first-order chi connectivity index (χ1) is 10.6. The summed E-state index contributed by atoms with van der Waals surface area (Å²) in [7, 11) is 0. The Labute approximate surface area is 132 Å². The average molecular weight is 318 g/mol. The second-order valence-corrected chi connectivity index (χ2v) is 6.54. The summed E-state index contributed by atoms with van der Waals surface area (Å²) in [4.78, 5) is 28.9. The van der Waals surface area contributed by atoms with Gasteiger partial charge in [-0.15, -0.1) is 11.3 Å². The van der Waals surface area contributed by atoms with Gasteiger partial charge in [0.1, 0.15) is 0 Å². The molecular formula is C15H18N4O2S. The van der Waals surface area contributed by atoms with Crippen LogP contribution in [0.3, 0.4) is 0 Å². The van der Waals surface area contributed by atoms with E-state index in [1.165, 1.54) is 9.71 Å². The molecule has 1 fully saturated rings. The number of piperidine rings is 1. The molecule has 2 heterocycles. The molecule has 0 bridgehead atoms. The number of carbonyl (C=O) groups excluding carboxylic acids is 2. The molecule has 6 nitrogen and oxygen atoms in total. The van der Waals surface area contributed by atoms with Crippen molar-refractivity contribution in [2.24, 2.45) is 5.73 Å². The second kappa shape index (κ2) is 6.41. The first-order valence-corrected chi connectivity index (χ1v) is 8.10. The lowest BCUT2D eigenvalue weighted by molar-refractivity contribution is -0.121. The lowest BCUT2D eigenvalue weighted by Gasteiger charge is -2.30. The Kier molecular flexibility index (Phi) is 4.35. The smallest absolute Gasteiger partial charge is 0.318 e. The van der Waals surface area contributed by atoms with Gasteiger partial charge in [0, 0.05) is 5.92 Å². The van der Waals surface area contributed by atoms with Crippen molar-refractivity contribution in [3.05, 3.63) is 29.3 Å².